The van der Waals surface area contributed by atoms with Gasteiger partial charge in [-0.25, -0.2) is 4.98 Å². The monoisotopic (exact) mass is 217 g/mol. The highest BCUT2D eigenvalue weighted by Gasteiger charge is 2.25. The van der Waals surface area contributed by atoms with Gasteiger partial charge in [0.05, 0.1) is 5.52 Å². The zero-order valence-corrected chi connectivity index (χ0v) is 9.69. The summed E-state index contributed by atoms with van der Waals surface area (Å²) in [5, 5.41) is 10.9. The number of ether oxygens (including phenoxy) is 1. The number of pyridine rings is 1. The number of benzene rings is 1. The van der Waals surface area contributed by atoms with Crippen LogP contribution in [0.15, 0.2) is 30.3 Å². The lowest BCUT2D eigenvalue weighted by Crippen LogP contribution is -2.21. The first-order chi connectivity index (χ1) is 7.54. The molecule has 0 aliphatic rings. The number of hydrogen-bond donors (Lipinski definition) is 1. The Labute approximate surface area is 94.7 Å². The van der Waals surface area contributed by atoms with Crippen molar-refractivity contribution < 1.29 is 9.84 Å². The summed E-state index contributed by atoms with van der Waals surface area (Å²) in [5.74, 6) is 0.172. The van der Waals surface area contributed by atoms with Crippen molar-refractivity contribution in [1.82, 2.24) is 4.98 Å². The van der Waals surface area contributed by atoms with E-state index in [1.54, 1.807) is 13.2 Å². The molecule has 0 aliphatic carbocycles. The van der Waals surface area contributed by atoms with E-state index >= 15 is 0 Å². The maximum absolute atomic E-state index is 9.93. The average molecular weight is 217 g/mol. The molecule has 0 saturated carbocycles. The highest BCUT2D eigenvalue weighted by molar-refractivity contribution is 5.80. The molecule has 0 spiro atoms. The van der Waals surface area contributed by atoms with Crippen molar-refractivity contribution in [3.05, 3.63) is 36.0 Å². The smallest absolute Gasteiger partial charge is 0.140 e. The molecule has 1 N–H and O–H groups in total. The van der Waals surface area contributed by atoms with Crippen LogP contribution in [0.4, 0.5) is 0 Å². The van der Waals surface area contributed by atoms with Crippen molar-refractivity contribution in [2.45, 2.75) is 19.4 Å². The summed E-state index contributed by atoms with van der Waals surface area (Å²) in [4.78, 5) is 4.44. The number of para-hydroxylation sites is 1. The van der Waals surface area contributed by atoms with Gasteiger partial charge in [-0.15, -0.1) is 0 Å². The fourth-order valence-corrected chi connectivity index (χ4v) is 1.64. The van der Waals surface area contributed by atoms with Gasteiger partial charge in [-0.2, -0.15) is 0 Å². The second-order valence-corrected chi connectivity index (χ2v) is 4.26. The summed E-state index contributed by atoms with van der Waals surface area (Å²) in [5.41, 5.74) is 0.836. The number of nitrogens with zero attached hydrogens (tertiary/aromatic N) is 1. The van der Waals surface area contributed by atoms with E-state index in [-0.39, 0.29) is 5.75 Å². The maximum Gasteiger partial charge on any atom is 0.140 e. The number of aromatic hydroxyl groups is 1. The highest BCUT2D eigenvalue weighted by atomic mass is 16.5. The van der Waals surface area contributed by atoms with Gasteiger partial charge in [0.15, 0.2) is 0 Å². The van der Waals surface area contributed by atoms with Crippen LogP contribution in [-0.4, -0.2) is 17.2 Å². The van der Waals surface area contributed by atoms with Crippen LogP contribution in [0.2, 0.25) is 0 Å². The van der Waals surface area contributed by atoms with Crippen molar-refractivity contribution >= 4 is 10.9 Å². The Kier molecular flexibility index (Phi) is 2.56. The maximum atomic E-state index is 9.93. The van der Waals surface area contributed by atoms with Gasteiger partial charge in [0.25, 0.3) is 0 Å². The quantitative estimate of drug-likeness (QED) is 0.841. The first kappa shape index (κ1) is 10.9. The predicted molar refractivity (Wildman–Crippen MR) is 63.4 cm³/mol. The number of fused-ring (bicyclic) bond motifs is 1. The van der Waals surface area contributed by atoms with Crippen LogP contribution in [0.3, 0.4) is 0 Å². The summed E-state index contributed by atoms with van der Waals surface area (Å²) in [6, 6.07) is 9.41. The topological polar surface area (TPSA) is 42.4 Å². The van der Waals surface area contributed by atoms with Crippen LogP contribution in [-0.2, 0) is 10.3 Å². The van der Waals surface area contributed by atoms with E-state index in [9.17, 15) is 5.11 Å². The average Bonchev–Trinajstić information content (AvgIpc) is 2.28. The molecule has 3 nitrogen and oxygen atoms in total. The Morgan fingerprint density at radius 3 is 2.62 bits per heavy atom. The predicted octanol–water partition coefficient (Wildman–Crippen LogP) is 2.82. The minimum Gasteiger partial charge on any atom is -0.506 e. The summed E-state index contributed by atoms with van der Waals surface area (Å²) in [7, 11) is 1.61. The molecule has 2 aromatic rings. The van der Waals surface area contributed by atoms with Crippen LogP contribution in [0, 0.1) is 0 Å². The van der Waals surface area contributed by atoms with Crippen LogP contribution in [0.25, 0.3) is 10.9 Å². The molecule has 1 aromatic heterocycles. The molecule has 0 aliphatic heterocycles. The van der Waals surface area contributed by atoms with Gasteiger partial charge >= 0.3 is 0 Å². The molecule has 0 fully saturated rings. The van der Waals surface area contributed by atoms with E-state index in [0.29, 0.717) is 5.69 Å². The molecular weight excluding hydrogens is 202 g/mol. The van der Waals surface area contributed by atoms with Crippen LogP contribution >= 0.6 is 0 Å². The van der Waals surface area contributed by atoms with Crippen LogP contribution in [0.1, 0.15) is 19.5 Å². The summed E-state index contributed by atoms with van der Waals surface area (Å²) < 4.78 is 5.33. The molecule has 0 amide bonds. The molecular formula is C13H15NO2. The first-order valence-corrected chi connectivity index (χ1v) is 5.19. The zero-order valence-electron chi connectivity index (χ0n) is 9.69. The SMILES string of the molecule is COC(C)(C)c1nc2ccccc2cc1O. The molecule has 2 rings (SSSR count). The number of aromatic nitrogens is 1. The standard InChI is InChI=1S/C13H15NO2/c1-13(2,16-3)12-11(15)8-9-6-4-5-7-10(9)14-12/h4-8,15H,1-3H3. The van der Waals surface area contributed by atoms with E-state index < -0.39 is 5.60 Å². The fraction of sp³-hybridized carbons (Fsp3) is 0.308. The van der Waals surface area contributed by atoms with E-state index in [2.05, 4.69) is 4.98 Å². The molecule has 0 bridgehead atoms. The lowest BCUT2D eigenvalue weighted by atomic mass is 10.0. The Morgan fingerprint density at radius 2 is 1.94 bits per heavy atom. The lowest BCUT2D eigenvalue weighted by molar-refractivity contribution is 0.0138. The molecule has 3 heteroatoms. The molecule has 84 valence electrons. The number of rotatable bonds is 2. The second kappa shape index (κ2) is 3.76. The Bertz CT molecular complexity index is 520. The molecule has 1 aromatic carbocycles. The molecule has 0 atom stereocenters. The van der Waals surface area contributed by atoms with Gasteiger partial charge in [-0.3, -0.25) is 0 Å². The molecule has 1 heterocycles. The van der Waals surface area contributed by atoms with Gasteiger partial charge < -0.3 is 9.84 Å². The summed E-state index contributed by atoms with van der Waals surface area (Å²) in [6.45, 7) is 3.76. The molecule has 0 unspecified atom stereocenters. The number of hydrogen-bond acceptors (Lipinski definition) is 3. The first-order valence-electron chi connectivity index (χ1n) is 5.19. The largest absolute Gasteiger partial charge is 0.506 e. The van der Waals surface area contributed by atoms with Gasteiger partial charge in [0, 0.05) is 12.5 Å². The third-order valence-corrected chi connectivity index (χ3v) is 2.78. The van der Waals surface area contributed by atoms with E-state index in [4.69, 9.17) is 4.74 Å². The Hall–Kier alpha value is -1.61. The van der Waals surface area contributed by atoms with Crippen molar-refractivity contribution in [1.29, 1.82) is 0 Å². The zero-order chi connectivity index (χ0) is 11.8. The Balaban J connectivity index is 2.67. The third-order valence-electron chi connectivity index (χ3n) is 2.78. The molecule has 0 saturated heterocycles. The van der Waals surface area contributed by atoms with Crippen molar-refractivity contribution in [2.24, 2.45) is 0 Å². The van der Waals surface area contributed by atoms with Crippen molar-refractivity contribution in [3.63, 3.8) is 0 Å². The minimum atomic E-state index is -0.589. The van der Waals surface area contributed by atoms with Gasteiger partial charge in [-0.1, -0.05) is 18.2 Å². The summed E-state index contributed by atoms with van der Waals surface area (Å²) >= 11 is 0. The second-order valence-electron chi connectivity index (χ2n) is 4.26. The van der Waals surface area contributed by atoms with Crippen LogP contribution in [0.5, 0.6) is 5.75 Å². The van der Waals surface area contributed by atoms with Gasteiger partial charge in [-0.05, 0) is 26.0 Å². The minimum absolute atomic E-state index is 0.172. The molecule has 16 heavy (non-hydrogen) atoms. The molecule has 0 radical (unpaired) electrons. The van der Waals surface area contributed by atoms with Gasteiger partial charge in [0.1, 0.15) is 17.0 Å². The van der Waals surface area contributed by atoms with Crippen molar-refractivity contribution in [2.75, 3.05) is 7.11 Å². The summed E-state index contributed by atoms with van der Waals surface area (Å²) in [6.07, 6.45) is 0. The van der Waals surface area contributed by atoms with E-state index in [1.165, 1.54) is 0 Å². The third kappa shape index (κ3) is 1.74. The fourth-order valence-electron chi connectivity index (χ4n) is 1.64. The van der Waals surface area contributed by atoms with Gasteiger partial charge in [0.2, 0.25) is 0 Å². The Morgan fingerprint density at radius 1 is 1.25 bits per heavy atom. The van der Waals surface area contributed by atoms with Crippen LogP contribution < -0.4 is 0 Å². The number of methoxy groups -OCH3 is 1. The van der Waals surface area contributed by atoms with E-state index in [0.717, 1.165) is 10.9 Å². The normalized spacial score (nSPS) is 11.9. The highest BCUT2D eigenvalue weighted by Crippen LogP contribution is 2.31. The lowest BCUT2D eigenvalue weighted by Gasteiger charge is -2.23. The van der Waals surface area contributed by atoms with E-state index in [1.807, 2.05) is 38.1 Å². The van der Waals surface area contributed by atoms with Crippen molar-refractivity contribution in [3.8, 4) is 5.75 Å².